The molecule has 0 bridgehead atoms. The molecule has 1 atom stereocenters. The molecule has 0 saturated carbocycles. The molecule has 0 radical (unpaired) electrons. The molecule has 0 aliphatic carbocycles. The Balaban J connectivity index is 2.01. The molecule has 1 aromatic carbocycles. The van der Waals surface area contributed by atoms with Gasteiger partial charge in [-0.3, -0.25) is 9.59 Å². The van der Waals surface area contributed by atoms with E-state index in [2.05, 4.69) is 15.5 Å². The zero-order chi connectivity index (χ0) is 20.4. The van der Waals surface area contributed by atoms with Crippen molar-refractivity contribution in [2.24, 2.45) is 0 Å². The number of hydrogen-bond acceptors (Lipinski definition) is 5. The number of nitrogens with one attached hydrogen (secondary N) is 1. The van der Waals surface area contributed by atoms with Crippen LogP contribution in [0.5, 0.6) is 0 Å². The van der Waals surface area contributed by atoms with E-state index in [1.54, 1.807) is 11.6 Å². The van der Waals surface area contributed by atoms with Crippen molar-refractivity contribution in [2.45, 2.75) is 26.8 Å². The Hall–Kier alpha value is -3.00. The summed E-state index contributed by atoms with van der Waals surface area (Å²) in [6, 6.07) is 8.91. The summed E-state index contributed by atoms with van der Waals surface area (Å²) in [5, 5.41) is 12.5. The second-order valence-corrected chi connectivity index (χ2v) is 7.16. The maximum absolute atomic E-state index is 13.0. The summed E-state index contributed by atoms with van der Waals surface area (Å²) in [5.74, 6) is -0.241. The lowest BCUT2D eigenvalue weighted by Crippen LogP contribution is -2.39. The maximum Gasteiger partial charge on any atom is 0.295 e. The molecule has 0 spiro atoms. The molecule has 148 valence electrons. The topological polar surface area (TPSA) is 85.1 Å². The highest BCUT2D eigenvalue weighted by atomic mass is 16.2. The molecule has 3 aromatic rings. The van der Waals surface area contributed by atoms with Crippen LogP contribution in [0, 0.1) is 13.8 Å². The van der Waals surface area contributed by atoms with E-state index in [4.69, 9.17) is 0 Å². The lowest BCUT2D eigenvalue weighted by molar-refractivity contribution is -0.124. The lowest BCUT2D eigenvalue weighted by atomic mass is 10.2. The summed E-state index contributed by atoms with van der Waals surface area (Å²) in [5.41, 5.74) is 2.34. The minimum atomic E-state index is -0.722. The Morgan fingerprint density at radius 2 is 1.86 bits per heavy atom. The smallest absolute Gasteiger partial charge is 0.295 e. The second kappa shape index (κ2) is 7.93. The van der Waals surface area contributed by atoms with Crippen LogP contribution in [0.15, 0.2) is 35.1 Å². The first-order valence-electron chi connectivity index (χ1n) is 9.28. The van der Waals surface area contributed by atoms with Gasteiger partial charge in [0.2, 0.25) is 5.91 Å². The third-order valence-electron chi connectivity index (χ3n) is 4.75. The summed E-state index contributed by atoms with van der Waals surface area (Å²) in [6.45, 7) is 6.65. The Morgan fingerprint density at radius 3 is 2.50 bits per heavy atom. The Labute approximate surface area is 163 Å². The first-order chi connectivity index (χ1) is 13.3. The number of likely N-dealkylation sites (N-methyl/N-ethyl adjacent to an activating group) is 1. The van der Waals surface area contributed by atoms with Crippen molar-refractivity contribution >= 4 is 16.8 Å². The number of carbonyl (C=O) groups is 1. The van der Waals surface area contributed by atoms with Gasteiger partial charge in [0, 0.05) is 13.1 Å². The standard InChI is InChI=1S/C20H26N6O2/c1-13-17-14(2)25(16-9-7-6-8-10-16)23-18(17)20(28)26(22-13)15(3)19(27)21-11-12-24(4)5/h6-10,15H,11-12H2,1-5H3,(H,21,27). The largest absolute Gasteiger partial charge is 0.353 e. The number of rotatable bonds is 6. The molecule has 0 aliphatic heterocycles. The van der Waals surface area contributed by atoms with Crippen LogP contribution in [0.25, 0.3) is 16.6 Å². The summed E-state index contributed by atoms with van der Waals surface area (Å²) in [6.07, 6.45) is 0. The van der Waals surface area contributed by atoms with Gasteiger partial charge in [0.05, 0.1) is 22.5 Å². The van der Waals surface area contributed by atoms with Crippen LogP contribution in [-0.4, -0.2) is 57.6 Å². The Bertz CT molecular complexity index is 1050. The van der Waals surface area contributed by atoms with Crippen molar-refractivity contribution in [1.82, 2.24) is 29.8 Å². The van der Waals surface area contributed by atoms with E-state index in [1.807, 2.05) is 63.2 Å². The Morgan fingerprint density at radius 1 is 1.18 bits per heavy atom. The zero-order valence-electron chi connectivity index (χ0n) is 16.9. The minimum absolute atomic E-state index is 0.241. The van der Waals surface area contributed by atoms with Gasteiger partial charge in [-0.1, -0.05) is 18.2 Å². The third kappa shape index (κ3) is 3.68. The molecule has 2 aromatic heterocycles. The molecule has 28 heavy (non-hydrogen) atoms. The zero-order valence-corrected chi connectivity index (χ0v) is 16.9. The normalized spacial score (nSPS) is 12.5. The van der Waals surface area contributed by atoms with Crippen molar-refractivity contribution in [3.05, 3.63) is 52.1 Å². The van der Waals surface area contributed by atoms with E-state index >= 15 is 0 Å². The van der Waals surface area contributed by atoms with Crippen LogP contribution in [0.3, 0.4) is 0 Å². The third-order valence-corrected chi connectivity index (χ3v) is 4.75. The molecule has 0 fully saturated rings. The highest BCUT2D eigenvalue weighted by Crippen LogP contribution is 2.21. The monoisotopic (exact) mass is 382 g/mol. The molecular formula is C20H26N6O2. The van der Waals surface area contributed by atoms with E-state index < -0.39 is 6.04 Å². The van der Waals surface area contributed by atoms with Gasteiger partial charge in [-0.2, -0.15) is 10.2 Å². The number of amides is 1. The van der Waals surface area contributed by atoms with E-state index in [-0.39, 0.29) is 11.5 Å². The van der Waals surface area contributed by atoms with Gasteiger partial charge >= 0.3 is 0 Å². The number of aryl methyl sites for hydroxylation is 2. The van der Waals surface area contributed by atoms with Crippen molar-refractivity contribution < 1.29 is 4.79 Å². The number of aromatic nitrogens is 4. The molecular weight excluding hydrogens is 356 g/mol. The maximum atomic E-state index is 13.0. The second-order valence-electron chi connectivity index (χ2n) is 7.16. The summed E-state index contributed by atoms with van der Waals surface area (Å²) in [7, 11) is 3.87. The molecule has 1 unspecified atom stereocenters. The van der Waals surface area contributed by atoms with Crippen LogP contribution >= 0.6 is 0 Å². The predicted molar refractivity (Wildman–Crippen MR) is 109 cm³/mol. The van der Waals surface area contributed by atoms with Crippen LogP contribution in [0.1, 0.15) is 24.4 Å². The molecule has 8 nitrogen and oxygen atoms in total. The fourth-order valence-corrected chi connectivity index (χ4v) is 3.20. The quantitative estimate of drug-likeness (QED) is 0.697. The van der Waals surface area contributed by atoms with Gasteiger partial charge in [-0.15, -0.1) is 0 Å². The highest BCUT2D eigenvalue weighted by molar-refractivity contribution is 5.84. The lowest BCUT2D eigenvalue weighted by Gasteiger charge is -2.16. The number of fused-ring (bicyclic) bond motifs is 1. The Kier molecular flexibility index (Phi) is 5.60. The van der Waals surface area contributed by atoms with E-state index in [0.29, 0.717) is 17.8 Å². The van der Waals surface area contributed by atoms with Gasteiger partial charge < -0.3 is 10.2 Å². The van der Waals surface area contributed by atoms with E-state index in [9.17, 15) is 9.59 Å². The van der Waals surface area contributed by atoms with Crippen LogP contribution in [-0.2, 0) is 4.79 Å². The van der Waals surface area contributed by atoms with Crippen LogP contribution in [0.2, 0.25) is 0 Å². The first-order valence-corrected chi connectivity index (χ1v) is 9.28. The van der Waals surface area contributed by atoms with E-state index in [0.717, 1.165) is 23.3 Å². The minimum Gasteiger partial charge on any atom is -0.353 e. The molecule has 3 rings (SSSR count). The number of para-hydroxylation sites is 1. The summed E-state index contributed by atoms with van der Waals surface area (Å²) < 4.78 is 2.97. The number of carbonyl (C=O) groups excluding carboxylic acids is 1. The predicted octanol–water partition coefficient (Wildman–Crippen LogP) is 1.44. The number of hydrogen-bond donors (Lipinski definition) is 1. The van der Waals surface area contributed by atoms with Crippen molar-refractivity contribution in [2.75, 3.05) is 27.2 Å². The van der Waals surface area contributed by atoms with Gasteiger partial charge in [-0.05, 0) is 47.0 Å². The average molecular weight is 382 g/mol. The van der Waals surface area contributed by atoms with Crippen molar-refractivity contribution in [1.29, 1.82) is 0 Å². The molecule has 1 N–H and O–H groups in total. The SMILES string of the molecule is Cc1nn(C(C)C(=O)NCCN(C)C)c(=O)c2nn(-c3ccccc3)c(C)c12. The van der Waals surface area contributed by atoms with Gasteiger partial charge in [-0.25, -0.2) is 9.36 Å². The molecule has 8 heteroatoms. The van der Waals surface area contributed by atoms with Gasteiger partial charge in [0.15, 0.2) is 5.52 Å². The number of nitrogens with zero attached hydrogens (tertiary/aromatic N) is 5. The highest BCUT2D eigenvalue weighted by Gasteiger charge is 2.22. The average Bonchev–Trinajstić information content (AvgIpc) is 3.02. The molecule has 2 heterocycles. The fourth-order valence-electron chi connectivity index (χ4n) is 3.20. The van der Waals surface area contributed by atoms with E-state index in [1.165, 1.54) is 4.68 Å². The van der Waals surface area contributed by atoms with Crippen LogP contribution in [0.4, 0.5) is 0 Å². The first kappa shape index (κ1) is 19.8. The summed E-state index contributed by atoms with van der Waals surface area (Å²) in [4.78, 5) is 27.5. The number of benzene rings is 1. The van der Waals surface area contributed by atoms with Crippen LogP contribution < -0.4 is 10.9 Å². The molecule has 0 saturated heterocycles. The van der Waals surface area contributed by atoms with Crippen molar-refractivity contribution in [3.8, 4) is 5.69 Å². The molecule has 0 aliphatic rings. The van der Waals surface area contributed by atoms with Crippen molar-refractivity contribution in [3.63, 3.8) is 0 Å². The summed E-state index contributed by atoms with van der Waals surface area (Å²) >= 11 is 0. The van der Waals surface area contributed by atoms with Gasteiger partial charge in [0.1, 0.15) is 6.04 Å². The van der Waals surface area contributed by atoms with Gasteiger partial charge in [0.25, 0.3) is 5.56 Å². The molecule has 1 amide bonds. The fraction of sp³-hybridized carbons (Fsp3) is 0.400.